The van der Waals surface area contributed by atoms with Crippen molar-refractivity contribution in [2.45, 2.75) is 52.6 Å². The van der Waals surface area contributed by atoms with E-state index in [0.29, 0.717) is 12.6 Å². The smallest absolute Gasteiger partial charge is 0.315 e. The molecular weight excluding hydrogens is 258 g/mol. The summed E-state index contributed by atoms with van der Waals surface area (Å²) in [4.78, 5) is 24.6. The van der Waals surface area contributed by atoms with Crippen LogP contribution in [0.3, 0.4) is 0 Å². The molecule has 0 aliphatic heterocycles. The van der Waals surface area contributed by atoms with Gasteiger partial charge < -0.3 is 20.6 Å². The van der Waals surface area contributed by atoms with Gasteiger partial charge in [0.2, 0.25) is 0 Å². The third kappa shape index (κ3) is 7.99. The number of rotatable bonds is 9. The second-order valence-electron chi connectivity index (χ2n) is 5.59. The highest BCUT2D eigenvalue weighted by molar-refractivity contribution is 5.75. The second-order valence-corrected chi connectivity index (χ2v) is 5.59. The number of urea groups is 1. The maximum atomic E-state index is 11.7. The molecule has 0 aromatic heterocycles. The zero-order valence-corrected chi connectivity index (χ0v) is 13.3. The predicted octanol–water partition coefficient (Wildman–Crippen LogP) is 1.52. The zero-order valence-electron chi connectivity index (χ0n) is 13.3. The van der Waals surface area contributed by atoms with E-state index in [1.165, 1.54) is 0 Å². The number of carboxylic acids is 1. The largest absolute Gasteiger partial charge is 0.481 e. The number of carbonyl (C=O) groups excluding carboxylic acids is 1. The Morgan fingerprint density at radius 3 is 2.30 bits per heavy atom. The van der Waals surface area contributed by atoms with Crippen LogP contribution >= 0.6 is 0 Å². The molecule has 6 heteroatoms. The van der Waals surface area contributed by atoms with Crippen LogP contribution in [0.4, 0.5) is 4.79 Å². The summed E-state index contributed by atoms with van der Waals surface area (Å²) in [7, 11) is 2.02. The highest BCUT2D eigenvalue weighted by Gasteiger charge is 2.19. The van der Waals surface area contributed by atoms with Gasteiger partial charge in [0, 0.05) is 25.2 Å². The average Bonchev–Trinajstić information content (AvgIpc) is 2.36. The lowest BCUT2D eigenvalue weighted by molar-refractivity contribution is -0.137. The second kappa shape index (κ2) is 9.58. The molecule has 6 nitrogen and oxygen atoms in total. The molecule has 0 aromatic carbocycles. The number of carboxylic acid groups (broad SMARTS) is 1. The molecule has 3 N–H and O–H groups in total. The van der Waals surface area contributed by atoms with Gasteiger partial charge in [0.05, 0.1) is 6.42 Å². The van der Waals surface area contributed by atoms with E-state index in [1.54, 1.807) is 0 Å². The molecule has 2 amide bonds. The van der Waals surface area contributed by atoms with Crippen LogP contribution in [0.15, 0.2) is 0 Å². The van der Waals surface area contributed by atoms with Gasteiger partial charge >= 0.3 is 12.0 Å². The molecule has 20 heavy (non-hydrogen) atoms. The van der Waals surface area contributed by atoms with Crippen LogP contribution < -0.4 is 10.6 Å². The van der Waals surface area contributed by atoms with Crippen LogP contribution in [0.25, 0.3) is 0 Å². The number of hydrogen-bond acceptors (Lipinski definition) is 3. The summed E-state index contributed by atoms with van der Waals surface area (Å²) < 4.78 is 0. The Bertz CT molecular complexity index is 308. The van der Waals surface area contributed by atoms with Gasteiger partial charge in [-0.25, -0.2) is 4.79 Å². The summed E-state index contributed by atoms with van der Waals surface area (Å²) >= 11 is 0. The number of likely N-dealkylation sites (N-methyl/N-ethyl adjacent to an activating group) is 1. The summed E-state index contributed by atoms with van der Waals surface area (Å²) in [5, 5.41) is 14.3. The van der Waals surface area contributed by atoms with E-state index < -0.39 is 5.97 Å². The number of carbonyl (C=O) groups is 2. The fourth-order valence-corrected chi connectivity index (χ4v) is 1.74. The van der Waals surface area contributed by atoms with E-state index in [9.17, 15) is 9.59 Å². The van der Waals surface area contributed by atoms with E-state index in [2.05, 4.69) is 29.4 Å². The first-order valence-corrected chi connectivity index (χ1v) is 7.24. The number of hydrogen-bond donors (Lipinski definition) is 3. The van der Waals surface area contributed by atoms with Gasteiger partial charge in [0.25, 0.3) is 0 Å². The molecule has 0 rings (SSSR count). The first-order chi connectivity index (χ1) is 9.27. The fraction of sp³-hybridized carbons (Fsp3) is 0.857. The molecule has 0 aliphatic carbocycles. The highest BCUT2D eigenvalue weighted by Crippen LogP contribution is 2.05. The summed E-state index contributed by atoms with van der Waals surface area (Å²) in [6.45, 7) is 9.37. The number of amides is 2. The van der Waals surface area contributed by atoms with Gasteiger partial charge in [-0.2, -0.15) is 0 Å². The third-order valence-electron chi connectivity index (χ3n) is 3.61. The maximum Gasteiger partial charge on any atom is 0.315 e. The predicted molar refractivity (Wildman–Crippen MR) is 79.8 cm³/mol. The topological polar surface area (TPSA) is 81.7 Å². The van der Waals surface area contributed by atoms with Crippen molar-refractivity contribution in [2.75, 3.05) is 20.1 Å². The van der Waals surface area contributed by atoms with Crippen LogP contribution in [0.2, 0.25) is 0 Å². The van der Waals surface area contributed by atoms with E-state index in [0.717, 1.165) is 13.0 Å². The highest BCUT2D eigenvalue weighted by atomic mass is 16.4. The fourth-order valence-electron chi connectivity index (χ4n) is 1.74. The quantitative estimate of drug-likeness (QED) is 0.600. The Morgan fingerprint density at radius 2 is 1.85 bits per heavy atom. The molecule has 0 saturated heterocycles. The lowest BCUT2D eigenvalue weighted by Gasteiger charge is -2.24. The molecule has 0 bridgehead atoms. The molecule has 0 radical (unpaired) electrons. The van der Waals surface area contributed by atoms with Crippen molar-refractivity contribution in [3.8, 4) is 0 Å². The molecule has 0 aliphatic rings. The lowest BCUT2D eigenvalue weighted by Crippen LogP contribution is -2.47. The Labute approximate surface area is 121 Å². The van der Waals surface area contributed by atoms with Crippen molar-refractivity contribution in [1.82, 2.24) is 15.5 Å². The molecule has 2 atom stereocenters. The minimum Gasteiger partial charge on any atom is -0.481 e. The summed E-state index contributed by atoms with van der Waals surface area (Å²) in [5.41, 5.74) is 0. The van der Waals surface area contributed by atoms with Crippen LogP contribution in [0.1, 0.15) is 40.5 Å². The van der Waals surface area contributed by atoms with Gasteiger partial charge in [-0.05, 0) is 26.3 Å². The first-order valence-electron chi connectivity index (χ1n) is 7.24. The summed E-state index contributed by atoms with van der Waals surface area (Å²) in [6.07, 6.45) is 1.01. The number of aliphatic carboxylic acids is 1. The van der Waals surface area contributed by atoms with Gasteiger partial charge in [0.1, 0.15) is 0 Å². The SMILES string of the molecule is CCC(C)N(C)CCNC(=O)NC(CC(=O)O)C(C)C. The monoisotopic (exact) mass is 287 g/mol. The molecule has 0 saturated carbocycles. The Hall–Kier alpha value is -1.30. The Balaban J connectivity index is 4.05. The van der Waals surface area contributed by atoms with Crippen LogP contribution in [0, 0.1) is 5.92 Å². The van der Waals surface area contributed by atoms with Gasteiger partial charge in [0.15, 0.2) is 0 Å². The van der Waals surface area contributed by atoms with Crippen molar-refractivity contribution in [3.05, 3.63) is 0 Å². The Morgan fingerprint density at radius 1 is 1.25 bits per heavy atom. The number of nitrogens with one attached hydrogen (secondary N) is 2. The molecular formula is C14H29N3O3. The van der Waals surface area contributed by atoms with Crippen LogP contribution in [0.5, 0.6) is 0 Å². The van der Waals surface area contributed by atoms with Gasteiger partial charge in [-0.15, -0.1) is 0 Å². The molecule has 0 heterocycles. The number of nitrogens with zero attached hydrogens (tertiary/aromatic N) is 1. The third-order valence-corrected chi connectivity index (χ3v) is 3.61. The molecule has 2 unspecified atom stereocenters. The van der Waals surface area contributed by atoms with Gasteiger partial charge in [-0.3, -0.25) is 4.79 Å². The minimum absolute atomic E-state index is 0.0577. The van der Waals surface area contributed by atoms with Crippen molar-refractivity contribution in [1.29, 1.82) is 0 Å². The summed E-state index contributed by atoms with van der Waals surface area (Å²) in [6, 6.07) is -0.169. The summed E-state index contributed by atoms with van der Waals surface area (Å²) in [5.74, 6) is -0.819. The van der Waals surface area contributed by atoms with E-state index in [1.807, 2.05) is 20.9 Å². The van der Waals surface area contributed by atoms with Crippen molar-refractivity contribution < 1.29 is 14.7 Å². The van der Waals surface area contributed by atoms with Crippen LogP contribution in [-0.4, -0.2) is 54.2 Å². The lowest BCUT2D eigenvalue weighted by atomic mass is 10.0. The molecule has 118 valence electrons. The molecule has 0 spiro atoms. The van der Waals surface area contributed by atoms with E-state index in [4.69, 9.17) is 5.11 Å². The van der Waals surface area contributed by atoms with Crippen molar-refractivity contribution in [2.24, 2.45) is 5.92 Å². The van der Waals surface area contributed by atoms with Crippen molar-refractivity contribution >= 4 is 12.0 Å². The standard InChI is InChI=1S/C14H29N3O3/c1-6-11(4)17(5)8-7-15-14(20)16-12(10(2)3)9-13(18)19/h10-12H,6-9H2,1-5H3,(H,18,19)(H2,15,16,20). The zero-order chi connectivity index (χ0) is 15.7. The maximum absolute atomic E-state index is 11.7. The average molecular weight is 287 g/mol. The van der Waals surface area contributed by atoms with E-state index in [-0.39, 0.29) is 24.4 Å². The Kier molecular flexibility index (Phi) is 8.96. The van der Waals surface area contributed by atoms with Crippen LogP contribution in [-0.2, 0) is 4.79 Å². The van der Waals surface area contributed by atoms with Gasteiger partial charge in [-0.1, -0.05) is 20.8 Å². The molecule has 0 fully saturated rings. The van der Waals surface area contributed by atoms with Crippen molar-refractivity contribution in [3.63, 3.8) is 0 Å². The minimum atomic E-state index is -0.902. The first kappa shape index (κ1) is 18.7. The normalized spacial score (nSPS) is 14.2. The van der Waals surface area contributed by atoms with E-state index >= 15 is 0 Å². The molecule has 0 aromatic rings.